The lowest BCUT2D eigenvalue weighted by molar-refractivity contribution is -0.170. The van der Waals surface area contributed by atoms with E-state index in [1.54, 1.807) is 0 Å². The number of anilines is 1. The maximum atomic E-state index is 12.0. The van der Waals surface area contributed by atoms with Gasteiger partial charge in [-0.3, -0.25) is 9.59 Å². The van der Waals surface area contributed by atoms with E-state index >= 15 is 0 Å². The van der Waals surface area contributed by atoms with Crippen molar-refractivity contribution in [1.29, 1.82) is 0 Å². The number of rotatable bonds is 3. The monoisotopic (exact) mass is 245 g/mol. The van der Waals surface area contributed by atoms with Crippen molar-refractivity contribution in [1.82, 2.24) is 0 Å². The van der Waals surface area contributed by atoms with Crippen molar-refractivity contribution >= 4 is 17.4 Å². The number of carbonyl (C=O) groups excluding carboxylic acids is 2. The molecule has 1 rings (SSSR count). The molecule has 3 nitrogen and oxygen atoms in total. The summed E-state index contributed by atoms with van der Waals surface area (Å²) in [6.45, 7) is 1.29. The van der Waals surface area contributed by atoms with Crippen LogP contribution in [0.1, 0.15) is 12.5 Å². The van der Waals surface area contributed by atoms with Gasteiger partial charge in [-0.25, -0.2) is 0 Å². The molecular formula is C11H10F3NO2. The van der Waals surface area contributed by atoms with Crippen molar-refractivity contribution in [2.75, 3.05) is 5.32 Å². The topological polar surface area (TPSA) is 46.2 Å². The number of alkyl halides is 3. The molecule has 1 aromatic rings. The number of carbonyl (C=O) groups is 2. The van der Waals surface area contributed by atoms with Crippen molar-refractivity contribution in [3.05, 3.63) is 29.8 Å². The first-order valence-corrected chi connectivity index (χ1v) is 4.75. The standard InChI is InChI=1S/C11H10F3NO2/c1-7(16)15-9-4-2-3-8(5-9)6-10(17)11(12,13)14/h2-5H,6H2,1H3,(H,15,16). The van der Waals surface area contributed by atoms with Crippen LogP contribution in [0.15, 0.2) is 24.3 Å². The van der Waals surface area contributed by atoms with Gasteiger partial charge in [0.05, 0.1) is 0 Å². The molecule has 0 aliphatic rings. The molecule has 92 valence electrons. The van der Waals surface area contributed by atoms with Crippen LogP contribution in [0, 0.1) is 0 Å². The minimum Gasteiger partial charge on any atom is -0.326 e. The first-order valence-electron chi connectivity index (χ1n) is 4.75. The normalized spacial score (nSPS) is 11.1. The third-order valence-electron chi connectivity index (χ3n) is 1.93. The van der Waals surface area contributed by atoms with Crippen LogP contribution < -0.4 is 5.32 Å². The van der Waals surface area contributed by atoms with E-state index in [4.69, 9.17) is 0 Å². The second kappa shape index (κ2) is 4.99. The summed E-state index contributed by atoms with van der Waals surface area (Å²) in [6.07, 6.45) is -5.55. The fourth-order valence-electron chi connectivity index (χ4n) is 1.25. The zero-order chi connectivity index (χ0) is 13.1. The zero-order valence-corrected chi connectivity index (χ0v) is 8.97. The lowest BCUT2D eigenvalue weighted by atomic mass is 10.1. The second-order valence-electron chi connectivity index (χ2n) is 3.48. The number of ketones is 1. The summed E-state index contributed by atoms with van der Waals surface area (Å²) in [5.41, 5.74) is 0.573. The molecule has 0 radical (unpaired) electrons. The zero-order valence-electron chi connectivity index (χ0n) is 8.97. The van der Waals surface area contributed by atoms with Gasteiger partial charge < -0.3 is 5.32 Å². The molecule has 0 heterocycles. The van der Waals surface area contributed by atoms with Gasteiger partial charge in [0.1, 0.15) is 0 Å². The highest BCUT2D eigenvalue weighted by atomic mass is 19.4. The fraction of sp³-hybridized carbons (Fsp3) is 0.273. The van der Waals surface area contributed by atoms with Crippen molar-refractivity contribution in [3.8, 4) is 0 Å². The Bertz CT molecular complexity index is 441. The Morgan fingerprint density at radius 1 is 1.29 bits per heavy atom. The van der Waals surface area contributed by atoms with Gasteiger partial charge in [0.15, 0.2) is 0 Å². The van der Waals surface area contributed by atoms with E-state index in [9.17, 15) is 22.8 Å². The highest BCUT2D eigenvalue weighted by Gasteiger charge is 2.37. The molecule has 0 spiro atoms. The van der Waals surface area contributed by atoms with Gasteiger partial charge in [0.2, 0.25) is 11.7 Å². The minimum absolute atomic E-state index is 0.207. The Labute approximate surface area is 95.6 Å². The van der Waals surface area contributed by atoms with Crippen molar-refractivity contribution in [3.63, 3.8) is 0 Å². The predicted molar refractivity (Wildman–Crippen MR) is 55.5 cm³/mol. The van der Waals surface area contributed by atoms with Crippen LogP contribution in [0.2, 0.25) is 0 Å². The Kier molecular flexibility index (Phi) is 3.88. The average molecular weight is 245 g/mol. The fourth-order valence-corrected chi connectivity index (χ4v) is 1.25. The molecule has 0 unspecified atom stereocenters. The number of amides is 1. The quantitative estimate of drug-likeness (QED) is 0.888. The molecule has 1 N–H and O–H groups in total. The molecule has 0 aromatic heterocycles. The van der Waals surface area contributed by atoms with Crippen LogP contribution in [-0.4, -0.2) is 17.9 Å². The van der Waals surface area contributed by atoms with E-state index in [1.165, 1.54) is 31.2 Å². The molecule has 0 fully saturated rings. The third-order valence-corrected chi connectivity index (χ3v) is 1.93. The first kappa shape index (κ1) is 13.2. The molecule has 0 saturated heterocycles. The molecule has 0 atom stereocenters. The van der Waals surface area contributed by atoms with Crippen molar-refractivity contribution < 1.29 is 22.8 Å². The van der Waals surface area contributed by atoms with E-state index in [0.29, 0.717) is 5.69 Å². The van der Waals surface area contributed by atoms with Gasteiger partial charge in [0, 0.05) is 19.0 Å². The second-order valence-corrected chi connectivity index (χ2v) is 3.48. The molecule has 0 aliphatic carbocycles. The highest BCUT2D eigenvalue weighted by molar-refractivity contribution is 5.89. The van der Waals surface area contributed by atoms with E-state index in [1.807, 2.05) is 0 Å². The molecular weight excluding hydrogens is 235 g/mol. The van der Waals surface area contributed by atoms with Gasteiger partial charge in [-0.05, 0) is 17.7 Å². The van der Waals surface area contributed by atoms with Crippen LogP contribution in [0.4, 0.5) is 18.9 Å². The largest absolute Gasteiger partial charge is 0.450 e. The number of Topliss-reactive ketones (excluding diaryl/α,β-unsaturated/α-hetero) is 1. The van der Waals surface area contributed by atoms with Gasteiger partial charge in [-0.1, -0.05) is 12.1 Å². The number of nitrogens with one attached hydrogen (secondary N) is 1. The highest BCUT2D eigenvalue weighted by Crippen LogP contribution is 2.20. The van der Waals surface area contributed by atoms with E-state index in [2.05, 4.69) is 5.32 Å². The smallest absolute Gasteiger partial charge is 0.326 e. The van der Waals surface area contributed by atoms with Gasteiger partial charge in [-0.2, -0.15) is 13.2 Å². The molecule has 0 bridgehead atoms. The Hall–Kier alpha value is -1.85. The van der Waals surface area contributed by atoms with Crippen molar-refractivity contribution in [2.45, 2.75) is 19.5 Å². The molecule has 0 aliphatic heterocycles. The Morgan fingerprint density at radius 2 is 1.94 bits per heavy atom. The summed E-state index contributed by atoms with van der Waals surface area (Å²) < 4.78 is 36.1. The summed E-state index contributed by atoms with van der Waals surface area (Å²) in [4.78, 5) is 21.5. The number of hydrogen-bond acceptors (Lipinski definition) is 2. The molecule has 1 amide bonds. The van der Waals surface area contributed by atoms with Crippen molar-refractivity contribution in [2.24, 2.45) is 0 Å². The van der Waals surface area contributed by atoms with Gasteiger partial charge >= 0.3 is 6.18 Å². The summed E-state index contributed by atoms with van der Waals surface area (Å²) in [5, 5.41) is 2.43. The maximum absolute atomic E-state index is 12.0. The van der Waals surface area contributed by atoms with Crippen LogP contribution in [0.25, 0.3) is 0 Å². The van der Waals surface area contributed by atoms with Gasteiger partial charge in [0.25, 0.3) is 0 Å². The van der Waals surface area contributed by atoms with Crippen LogP contribution in [-0.2, 0) is 16.0 Å². The minimum atomic E-state index is -4.83. The molecule has 1 aromatic carbocycles. The number of benzene rings is 1. The predicted octanol–water partition coefficient (Wildman–Crippen LogP) is 2.32. The Balaban J connectivity index is 2.79. The van der Waals surface area contributed by atoms with E-state index < -0.39 is 18.4 Å². The van der Waals surface area contributed by atoms with Crippen LogP contribution in [0.5, 0.6) is 0 Å². The third kappa shape index (κ3) is 4.26. The lowest BCUT2D eigenvalue weighted by Gasteiger charge is -2.07. The number of halogens is 3. The Morgan fingerprint density at radius 3 is 2.47 bits per heavy atom. The van der Waals surface area contributed by atoms with Crippen LogP contribution >= 0.6 is 0 Å². The molecule has 6 heteroatoms. The van der Waals surface area contributed by atoms with Gasteiger partial charge in [-0.15, -0.1) is 0 Å². The SMILES string of the molecule is CC(=O)Nc1cccc(CC(=O)C(F)(F)F)c1. The summed E-state index contributed by atoms with van der Waals surface area (Å²) in [5.74, 6) is -2.14. The van der Waals surface area contributed by atoms with E-state index in [0.717, 1.165) is 0 Å². The average Bonchev–Trinajstić information content (AvgIpc) is 2.15. The first-order chi connectivity index (χ1) is 7.79. The summed E-state index contributed by atoms with van der Waals surface area (Å²) in [7, 11) is 0. The summed E-state index contributed by atoms with van der Waals surface area (Å²) in [6, 6.07) is 5.74. The maximum Gasteiger partial charge on any atom is 0.450 e. The molecule has 17 heavy (non-hydrogen) atoms. The van der Waals surface area contributed by atoms with Crippen LogP contribution in [0.3, 0.4) is 0 Å². The number of hydrogen-bond donors (Lipinski definition) is 1. The van der Waals surface area contributed by atoms with E-state index in [-0.39, 0.29) is 11.5 Å². The summed E-state index contributed by atoms with van der Waals surface area (Å²) >= 11 is 0. The molecule has 0 saturated carbocycles. The lowest BCUT2D eigenvalue weighted by Crippen LogP contribution is -2.24.